The lowest BCUT2D eigenvalue weighted by atomic mass is 10.4. The summed E-state index contributed by atoms with van der Waals surface area (Å²) in [5.41, 5.74) is 0. The molecule has 0 spiro atoms. The summed E-state index contributed by atoms with van der Waals surface area (Å²) in [7, 11) is 0. The second-order valence-corrected chi connectivity index (χ2v) is 2.27. The fraction of sp³-hybridized carbons (Fsp3) is 0.111. The third kappa shape index (κ3) is 1.50. The lowest BCUT2D eigenvalue weighted by Crippen LogP contribution is -2.15. The van der Waals surface area contributed by atoms with Crippen LogP contribution in [0.4, 0.5) is 0 Å². The molecule has 0 saturated heterocycles. The number of hydrogen-bond acceptors (Lipinski definition) is 3. The molecule has 0 aliphatic carbocycles. The van der Waals surface area contributed by atoms with Gasteiger partial charge in [-0.25, -0.2) is 0 Å². The molecule has 0 fully saturated rings. The van der Waals surface area contributed by atoms with Crippen molar-refractivity contribution in [2.45, 2.75) is 6.29 Å². The monoisotopic (exact) mass is 164 g/mol. The van der Waals surface area contributed by atoms with Crippen molar-refractivity contribution in [2.24, 2.45) is 0 Å². The molecule has 1 aromatic rings. The number of ether oxygens (including phenoxy) is 2. The maximum atomic E-state index is 5.27. The summed E-state index contributed by atoms with van der Waals surface area (Å²) in [6.45, 7) is 0. The Bertz CT molecular complexity index is 285. The second kappa shape index (κ2) is 3.17. The molecule has 2 rings (SSSR count). The molecule has 3 nitrogen and oxygen atoms in total. The zero-order valence-corrected chi connectivity index (χ0v) is 6.34. The Kier molecular flexibility index (Phi) is 1.86. The molecule has 62 valence electrons. The minimum absolute atomic E-state index is 0.374. The summed E-state index contributed by atoms with van der Waals surface area (Å²) in [6, 6.07) is 3.49. The van der Waals surface area contributed by atoms with Gasteiger partial charge in [-0.05, 0) is 18.2 Å². The predicted molar refractivity (Wildman–Crippen MR) is 42.5 cm³/mol. The van der Waals surface area contributed by atoms with Gasteiger partial charge in [0.25, 0.3) is 12.2 Å². The van der Waals surface area contributed by atoms with Crippen LogP contribution in [0.5, 0.6) is 5.95 Å². The van der Waals surface area contributed by atoms with E-state index in [1.807, 2.05) is 6.08 Å². The van der Waals surface area contributed by atoms with E-state index in [2.05, 4.69) is 0 Å². The fourth-order valence-electron chi connectivity index (χ4n) is 0.880. The van der Waals surface area contributed by atoms with Crippen molar-refractivity contribution in [1.82, 2.24) is 0 Å². The molecule has 12 heavy (non-hydrogen) atoms. The standard InChI is InChI=1S/C9H8O3/c1-2-6-10-8(4-1)12-9-5-3-7-11-9/h1-8H. The van der Waals surface area contributed by atoms with E-state index in [0.29, 0.717) is 5.95 Å². The van der Waals surface area contributed by atoms with Gasteiger partial charge in [0.15, 0.2) is 0 Å². The van der Waals surface area contributed by atoms with Crippen molar-refractivity contribution >= 4 is 0 Å². The molecule has 1 aromatic heterocycles. The quantitative estimate of drug-likeness (QED) is 0.670. The maximum Gasteiger partial charge on any atom is 0.287 e. The normalized spacial score (nSPS) is 20.5. The second-order valence-electron chi connectivity index (χ2n) is 2.27. The molecule has 0 aromatic carbocycles. The smallest absolute Gasteiger partial charge is 0.287 e. The van der Waals surface area contributed by atoms with Gasteiger partial charge in [-0.1, -0.05) is 6.08 Å². The van der Waals surface area contributed by atoms with Gasteiger partial charge in [-0.3, -0.25) is 0 Å². The lowest BCUT2D eigenvalue weighted by molar-refractivity contribution is -0.00802. The Labute approximate surface area is 69.9 Å². The van der Waals surface area contributed by atoms with E-state index in [4.69, 9.17) is 13.9 Å². The molecule has 1 unspecified atom stereocenters. The van der Waals surface area contributed by atoms with E-state index < -0.39 is 0 Å². The molecule has 1 aliphatic heterocycles. The average Bonchev–Trinajstić information content (AvgIpc) is 2.59. The van der Waals surface area contributed by atoms with Crippen LogP contribution in [-0.2, 0) is 4.74 Å². The van der Waals surface area contributed by atoms with Crippen LogP contribution in [0, 0.1) is 0 Å². The van der Waals surface area contributed by atoms with Crippen molar-refractivity contribution in [1.29, 1.82) is 0 Å². The van der Waals surface area contributed by atoms with Gasteiger partial charge in [0.05, 0.1) is 12.5 Å². The number of rotatable bonds is 2. The van der Waals surface area contributed by atoms with Gasteiger partial charge < -0.3 is 13.9 Å². The Morgan fingerprint density at radius 3 is 3.00 bits per heavy atom. The topological polar surface area (TPSA) is 31.6 Å². The van der Waals surface area contributed by atoms with Crippen LogP contribution in [0.2, 0.25) is 0 Å². The first kappa shape index (κ1) is 7.03. The molecule has 0 radical (unpaired) electrons. The van der Waals surface area contributed by atoms with Crippen LogP contribution in [0.1, 0.15) is 0 Å². The molecule has 2 heterocycles. The summed E-state index contributed by atoms with van der Waals surface area (Å²) in [4.78, 5) is 0. The summed E-state index contributed by atoms with van der Waals surface area (Å²) in [5.74, 6) is 0.458. The van der Waals surface area contributed by atoms with E-state index in [0.717, 1.165) is 0 Å². The number of hydrogen-bond donors (Lipinski definition) is 0. The number of allylic oxidation sites excluding steroid dienone is 2. The largest absolute Gasteiger partial charge is 0.459 e. The molecule has 0 bridgehead atoms. The van der Waals surface area contributed by atoms with Crippen molar-refractivity contribution < 1.29 is 13.9 Å². The first-order valence-corrected chi connectivity index (χ1v) is 3.64. The van der Waals surface area contributed by atoms with Gasteiger partial charge in [-0.2, -0.15) is 0 Å². The molecular formula is C9H8O3. The van der Waals surface area contributed by atoms with E-state index >= 15 is 0 Å². The highest BCUT2D eigenvalue weighted by molar-refractivity contribution is 5.09. The van der Waals surface area contributed by atoms with Crippen LogP contribution in [0.25, 0.3) is 0 Å². The number of furan rings is 1. The average molecular weight is 164 g/mol. The van der Waals surface area contributed by atoms with E-state index in [9.17, 15) is 0 Å². The zero-order valence-electron chi connectivity index (χ0n) is 6.34. The zero-order chi connectivity index (χ0) is 8.23. The van der Waals surface area contributed by atoms with E-state index in [1.54, 1.807) is 36.8 Å². The van der Waals surface area contributed by atoms with Crippen molar-refractivity contribution in [3.05, 3.63) is 42.9 Å². The first-order valence-electron chi connectivity index (χ1n) is 3.64. The van der Waals surface area contributed by atoms with Gasteiger partial charge in [0, 0.05) is 6.07 Å². The molecule has 0 amide bonds. The molecule has 1 atom stereocenters. The molecule has 0 N–H and O–H groups in total. The van der Waals surface area contributed by atoms with Crippen LogP contribution in [-0.4, -0.2) is 6.29 Å². The highest BCUT2D eigenvalue weighted by Crippen LogP contribution is 2.14. The third-order valence-electron chi connectivity index (χ3n) is 1.40. The first-order chi connectivity index (χ1) is 5.95. The van der Waals surface area contributed by atoms with Gasteiger partial charge in [0.2, 0.25) is 0 Å². The van der Waals surface area contributed by atoms with Crippen LogP contribution >= 0.6 is 0 Å². The predicted octanol–water partition coefficient (Wildman–Crippen LogP) is 2.08. The minimum atomic E-state index is -0.374. The Morgan fingerprint density at radius 2 is 2.33 bits per heavy atom. The van der Waals surface area contributed by atoms with E-state index in [-0.39, 0.29) is 6.29 Å². The molecular weight excluding hydrogens is 156 g/mol. The van der Waals surface area contributed by atoms with Crippen molar-refractivity contribution in [3.63, 3.8) is 0 Å². The maximum absolute atomic E-state index is 5.27. The highest BCUT2D eigenvalue weighted by atomic mass is 16.7. The Balaban J connectivity index is 1.96. The summed E-state index contributed by atoms with van der Waals surface area (Å²) in [5, 5.41) is 0. The van der Waals surface area contributed by atoms with Crippen LogP contribution in [0.15, 0.2) is 47.3 Å². The minimum Gasteiger partial charge on any atom is -0.459 e. The molecule has 0 saturated carbocycles. The fourth-order valence-corrected chi connectivity index (χ4v) is 0.880. The molecule has 1 aliphatic rings. The van der Waals surface area contributed by atoms with Crippen molar-refractivity contribution in [3.8, 4) is 5.95 Å². The SMILES string of the molecule is C1=COC(Oc2ccco2)C=C1. The highest BCUT2D eigenvalue weighted by Gasteiger charge is 2.08. The van der Waals surface area contributed by atoms with Gasteiger partial charge in [-0.15, -0.1) is 0 Å². The molecule has 3 heteroatoms. The van der Waals surface area contributed by atoms with E-state index in [1.165, 1.54) is 0 Å². The summed E-state index contributed by atoms with van der Waals surface area (Å²) in [6.07, 6.45) is 8.20. The lowest BCUT2D eigenvalue weighted by Gasteiger charge is -2.14. The Hall–Kier alpha value is -1.64. The Morgan fingerprint density at radius 1 is 1.33 bits per heavy atom. The third-order valence-corrected chi connectivity index (χ3v) is 1.40. The van der Waals surface area contributed by atoms with Gasteiger partial charge in [0.1, 0.15) is 0 Å². The van der Waals surface area contributed by atoms with Crippen molar-refractivity contribution in [2.75, 3.05) is 0 Å². The van der Waals surface area contributed by atoms with Crippen LogP contribution in [0.3, 0.4) is 0 Å². The summed E-state index contributed by atoms with van der Waals surface area (Å²) < 4.78 is 15.3. The van der Waals surface area contributed by atoms with Gasteiger partial charge >= 0.3 is 0 Å². The van der Waals surface area contributed by atoms with Crippen LogP contribution < -0.4 is 4.74 Å². The summed E-state index contributed by atoms with van der Waals surface area (Å²) >= 11 is 0.